The summed E-state index contributed by atoms with van der Waals surface area (Å²) in [6.07, 6.45) is 3.25. The highest BCUT2D eigenvalue weighted by Crippen LogP contribution is 2.19. The van der Waals surface area contributed by atoms with Gasteiger partial charge in [-0.3, -0.25) is 4.79 Å². The number of aromatic nitrogens is 2. The van der Waals surface area contributed by atoms with Crippen LogP contribution in [0.5, 0.6) is 0 Å². The minimum absolute atomic E-state index is 0.0360. The summed E-state index contributed by atoms with van der Waals surface area (Å²) in [5, 5.41) is 11.9. The second-order valence-electron chi connectivity index (χ2n) is 5.43. The Labute approximate surface area is 144 Å². The summed E-state index contributed by atoms with van der Waals surface area (Å²) in [6, 6.07) is 17.4. The Kier molecular flexibility index (Phi) is 4.86. The van der Waals surface area contributed by atoms with Crippen molar-refractivity contribution < 1.29 is 9.18 Å². The molecule has 0 saturated carbocycles. The van der Waals surface area contributed by atoms with E-state index in [9.17, 15) is 14.4 Å². The van der Waals surface area contributed by atoms with Gasteiger partial charge in [0.05, 0.1) is 11.8 Å². The smallest absolute Gasteiger partial charge is 0.249 e. The van der Waals surface area contributed by atoms with Crippen molar-refractivity contribution >= 4 is 11.6 Å². The van der Waals surface area contributed by atoms with Crippen molar-refractivity contribution in [3.63, 3.8) is 0 Å². The molecule has 2 aromatic carbocycles. The summed E-state index contributed by atoms with van der Waals surface area (Å²) in [6.45, 7) is 0.487. The van der Waals surface area contributed by atoms with Gasteiger partial charge in [-0.2, -0.15) is 5.26 Å². The normalized spacial score (nSPS) is 11.5. The Morgan fingerprint density at radius 1 is 1.20 bits per heavy atom. The molecule has 5 nitrogen and oxygen atoms in total. The molecule has 6 heteroatoms. The molecule has 1 heterocycles. The van der Waals surface area contributed by atoms with E-state index in [0.29, 0.717) is 12.4 Å². The molecule has 124 valence electrons. The second kappa shape index (κ2) is 7.41. The molecular formula is C19H15FN4O. The van der Waals surface area contributed by atoms with Gasteiger partial charge in [0.25, 0.3) is 0 Å². The van der Waals surface area contributed by atoms with Crippen molar-refractivity contribution in [3.05, 3.63) is 84.2 Å². The van der Waals surface area contributed by atoms with Gasteiger partial charge in [-0.05, 0) is 17.7 Å². The van der Waals surface area contributed by atoms with Gasteiger partial charge in [0.1, 0.15) is 11.6 Å². The average Bonchev–Trinajstić information content (AvgIpc) is 3.06. The molecular weight excluding hydrogens is 319 g/mol. The summed E-state index contributed by atoms with van der Waals surface area (Å²) in [5.41, 5.74) is 1.06. The van der Waals surface area contributed by atoms with Crippen LogP contribution in [-0.4, -0.2) is 15.5 Å². The van der Waals surface area contributed by atoms with Gasteiger partial charge >= 0.3 is 0 Å². The van der Waals surface area contributed by atoms with E-state index >= 15 is 0 Å². The molecule has 1 amide bonds. The van der Waals surface area contributed by atoms with Gasteiger partial charge in [0.2, 0.25) is 5.91 Å². The van der Waals surface area contributed by atoms with E-state index in [1.165, 1.54) is 18.2 Å². The number of nitrogens with zero attached hydrogens (tertiary/aromatic N) is 3. The number of para-hydroxylation sites is 1. The number of amides is 1. The first kappa shape index (κ1) is 16.4. The first-order chi connectivity index (χ1) is 12.2. The van der Waals surface area contributed by atoms with Crippen molar-refractivity contribution in [1.82, 2.24) is 9.55 Å². The molecule has 3 rings (SSSR count). The Morgan fingerprint density at radius 2 is 1.92 bits per heavy atom. The third-order valence-electron chi connectivity index (χ3n) is 3.72. The Bertz CT molecular complexity index is 914. The third kappa shape index (κ3) is 3.72. The average molecular weight is 334 g/mol. The molecule has 0 saturated heterocycles. The maximum absolute atomic E-state index is 13.7. The molecule has 0 fully saturated rings. The number of anilines is 1. The maximum Gasteiger partial charge on any atom is 0.249 e. The van der Waals surface area contributed by atoms with Gasteiger partial charge in [-0.1, -0.05) is 42.5 Å². The van der Waals surface area contributed by atoms with E-state index in [-0.39, 0.29) is 5.69 Å². The highest BCUT2D eigenvalue weighted by Gasteiger charge is 2.25. The van der Waals surface area contributed by atoms with Crippen LogP contribution in [0.15, 0.2) is 67.0 Å². The highest BCUT2D eigenvalue weighted by molar-refractivity contribution is 5.97. The van der Waals surface area contributed by atoms with Gasteiger partial charge < -0.3 is 9.88 Å². The molecule has 0 aliphatic heterocycles. The van der Waals surface area contributed by atoms with E-state index in [1.807, 2.05) is 36.4 Å². The lowest BCUT2D eigenvalue weighted by atomic mass is 10.1. The predicted octanol–water partition coefficient (Wildman–Crippen LogP) is 3.32. The van der Waals surface area contributed by atoms with Gasteiger partial charge in [-0.25, -0.2) is 9.37 Å². The van der Waals surface area contributed by atoms with Crippen LogP contribution in [0.2, 0.25) is 0 Å². The van der Waals surface area contributed by atoms with Gasteiger partial charge in [-0.15, -0.1) is 0 Å². The Balaban J connectivity index is 1.82. The van der Waals surface area contributed by atoms with Gasteiger partial charge in [0.15, 0.2) is 5.92 Å². The Hall–Kier alpha value is -3.46. The number of benzene rings is 2. The van der Waals surface area contributed by atoms with Gasteiger partial charge in [0, 0.05) is 18.9 Å². The number of nitrogens with one attached hydrogen (secondary N) is 1. The summed E-state index contributed by atoms with van der Waals surface area (Å²) in [4.78, 5) is 16.6. The van der Waals surface area contributed by atoms with Crippen LogP contribution in [0.4, 0.5) is 10.1 Å². The fourth-order valence-corrected chi connectivity index (χ4v) is 2.50. The SMILES string of the molecule is N#C[C@H](C(=O)Nc1ccccc1F)c1nccn1Cc1ccccc1. The lowest BCUT2D eigenvalue weighted by Crippen LogP contribution is -2.23. The number of halogens is 1. The van der Waals surface area contributed by atoms with Crippen molar-refractivity contribution in [2.45, 2.75) is 12.5 Å². The molecule has 0 spiro atoms. The number of rotatable bonds is 5. The van der Waals surface area contributed by atoms with Crippen LogP contribution in [0.25, 0.3) is 0 Å². The van der Waals surface area contributed by atoms with Crippen LogP contribution in [-0.2, 0) is 11.3 Å². The van der Waals surface area contributed by atoms with Crippen molar-refractivity contribution in [1.29, 1.82) is 5.26 Å². The molecule has 0 aliphatic carbocycles. The fraction of sp³-hybridized carbons (Fsp3) is 0.105. The lowest BCUT2D eigenvalue weighted by molar-refractivity contribution is -0.116. The summed E-state index contributed by atoms with van der Waals surface area (Å²) in [7, 11) is 0. The third-order valence-corrected chi connectivity index (χ3v) is 3.72. The summed E-state index contributed by atoms with van der Waals surface area (Å²) >= 11 is 0. The van der Waals surface area contributed by atoms with E-state index in [1.54, 1.807) is 23.0 Å². The molecule has 3 aromatic rings. The number of nitriles is 1. The molecule has 0 radical (unpaired) electrons. The second-order valence-corrected chi connectivity index (χ2v) is 5.43. The quantitative estimate of drug-likeness (QED) is 0.778. The van der Waals surface area contributed by atoms with Crippen LogP contribution < -0.4 is 5.32 Å². The zero-order valence-electron chi connectivity index (χ0n) is 13.3. The maximum atomic E-state index is 13.7. The minimum Gasteiger partial charge on any atom is -0.329 e. The standard InChI is InChI=1S/C19H15FN4O/c20-16-8-4-5-9-17(16)23-19(25)15(12-21)18-22-10-11-24(18)13-14-6-2-1-3-7-14/h1-11,15H,13H2,(H,23,25)/t15-/m0/s1. The number of carbonyl (C=O) groups excluding carboxylic acids is 1. The monoisotopic (exact) mass is 334 g/mol. The molecule has 0 bridgehead atoms. The molecule has 1 aromatic heterocycles. The molecule has 1 atom stereocenters. The lowest BCUT2D eigenvalue weighted by Gasteiger charge is -2.13. The van der Waals surface area contributed by atoms with Crippen LogP contribution in [0, 0.1) is 17.1 Å². The first-order valence-electron chi connectivity index (χ1n) is 7.69. The van der Waals surface area contributed by atoms with E-state index in [2.05, 4.69) is 10.3 Å². The van der Waals surface area contributed by atoms with Crippen molar-refractivity contribution in [3.8, 4) is 6.07 Å². The zero-order chi connectivity index (χ0) is 17.6. The zero-order valence-corrected chi connectivity index (χ0v) is 13.3. The van der Waals surface area contributed by atoms with E-state index < -0.39 is 17.6 Å². The molecule has 25 heavy (non-hydrogen) atoms. The topological polar surface area (TPSA) is 70.7 Å². The van der Waals surface area contributed by atoms with Crippen LogP contribution >= 0.6 is 0 Å². The largest absolute Gasteiger partial charge is 0.329 e. The number of hydrogen-bond acceptors (Lipinski definition) is 3. The summed E-state index contributed by atoms with van der Waals surface area (Å²) < 4.78 is 15.4. The van der Waals surface area contributed by atoms with Crippen LogP contribution in [0.3, 0.4) is 0 Å². The van der Waals surface area contributed by atoms with E-state index in [0.717, 1.165) is 5.56 Å². The van der Waals surface area contributed by atoms with Crippen LogP contribution in [0.1, 0.15) is 17.3 Å². The fourth-order valence-electron chi connectivity index (χ4n) is 2.50. The van der Waals surface area contributed by atoms with Crippen molar-refractivity contribution in [2.24, 2.45) is 0 Å². The Morgan fingerprint density at radius 3 is 2.64 bits per heavy atom. The molecule has 0 aliphatic rings. The molecule has 0 unspecified atom stereocenters. The van der Waals surface area contributed by atoms with Crippen molar-refractivity contribution in [2.75, 3.05) is 5.32 Å². The summed E-state index contributed by atoms with van der Waals surface area (Å²) in [5.74, 6) is -1.99. The predicted molar refractivity (Wildman–Crippen MR) is 91.2 cm³/mol. The molecule has 1 N–H and O–H groups in total. The number of imidazole rings is 1. The number of carbonyl (C=O) groups is 1. The highest BCUT2D eigenvalue weighted by atomic mass is 19.1. The first-order valence-corrected chi connectivity index (χ1v) is 7.69. The van der Waals surface area contributed by atoms with E-state index in [4.69, 9.17) is 0 Å². The minimum atomic E-state index is -1.14. The number of hydrogen-bond donors (Lipinski definition) is 1.